The molecule has 3 aromatic carbocycles. The second kappa shape index (κ2) is 8.00. The second-order valence-corrected chi connectivity index (χ2v) is 7.46. The van der Waals surface area contributed by atoms with E-state index >= 15 is 0 Å². The summed E-state index contributed by atoms with van der Waals surface area (Å²) in [5.41, 5.74) is 3.68. The number of rotatable bonds is 3. The number of carbonyl (C=O) groups excluding carboxylic acids is 1. The van der Waals surface area contributed by atoms with E-state index in [0.717, 1.165) is 21.9 Å². The average molecular weight is 417 g/mol. The van der Waals surface area contributed by atoms with Gasteiger partial charge in [0.1, 0.15) is 11.5 Å². The highest BCUT2D eigenvalue weighted by atomic mass is 32.1. The number of phenolic OH excluding ortho intramolecular Hbond substituents is 1. The van der Waals surface area contributed by atoms with Gasteiger partial charge in [-0.15, -0.1) is 0 Å². The SMILES string of the molecule is Cc1ccc(-c2ccc(C(=O)NC(=S)Nc3c(O)ccc4ccccc34)o2)cc1C. The number of phenols is 1. The van der Waals surface area contributed by atoms with E-state index in [2.05, 4.69) is 10.6 Å². The Morgan fingerprint density at radius 2 is 1.77 bits per heavy atom. The first-order valence-electron chi connectivity index (χ1n) is 9.43. The van der Waals surface area contributed by atoms with E-state index in [9.17, 15) is 9.90 Å². The third-order valence-electron chi connectivity index (χ3n) is 4.99. The Labute approximate surface area is 179 Å². The van der Waals surface area contributed by atoms with Crippen LogP contribution in [0, 0.1) is 13.8 Å². The molecule has 30 heavy (non-hydrogen) atoms. The molecule has 0 atom stereocenters. The largest absolute Gasteiger partial charge is 0.506 e. The first kappa shape index (κ1) is 19.7. The maximum atomic E-state index is 12.6. The van der Waals surface area contributed by atoms with Crippen LogP contribution in [0.3, 0.4) is 0 Å². The summed E-state index contributed by atoms with van der Waals surface area (Å²) >= 11 is 5.27. The molecule has 0 saturated heterocycles. The zero-order valence-corrected chi connectivity index (χ0v) is 17.3. The van der Waals surface area contributed by atoms with Gasteiger partial charge in [-0.1, -0.05) is 42.5 Å². The van der Waals surface area contributed by atoms with Crippen LogP contribution in [0.4, 0.5) is 5.69 Å². The predicted molar refractivity (Wildman–Crippen MR) is 123 cm³/mol. The number of thiocarbonyl (C=S) groups is 1. The number of amides is 1. The molecule has 0 aliphatic carbocycles. The molecule has 0 fully saturated rings. The van der Waals surface area contributed by atoms with Crippen LogP contribution in [-0.4, -0.2) is 16.1 Å². The van der Waals surface area contributed by atoms with Gasteiger partial charge in [0.2, 0.25) is 0 Å². The Balaban J connectivity index is 1.50. The fourth-order valence-electron chi connectivity index (χ4n) is 3.21. The molecule has 1 amide bonds. The maximum absolute atomic E-state index is 12.6. The minimum Gasteiger partial charge on any atom is -0.506 e. The maximum Gasteiger partial charge on any atom is 0.293 e. The Bertz CT molecular complexity index is 1280. The summed E-state index contributed by atoms with van der Waals surface area (Å²) in [5.74, 6) is 0.325. The predicted octanol–water partition coefficient (Wildman–Crippen LogP) is 5.55. The van der Waals surface area contributed by atoms with E-state index in [1.165, 1.54) is 5.56 Å². The summed E-state index contributed by atoms with van der Waals surface area (Å²) in [5, 5.41) is 17.5. The molecule has 1 aromatic heterocycles. The van der Waals surface area contributed by atoms with E-state index in [1.807, 2.05) is 62.4 Å². The van der Waals surface area contributed by atoms with Crippen LogP contribution >= 0.6 is 12.2 Å². The van der Waals surface area contributed by atoms with E-state index in [4.69, 9.17) is 16.6 Å². The van der Waals surface area contributed by atoms with Crippen LogP contribution in [-0.2, 0) is 0 Å². The van der Waals surface area contributed by atoms with Crippen molar-refractivity contribution >= 4 is 39.7 Å². The topological polar surface area (TPSA) is 74.5 Å². The lowest BCUT2D eigenvalue weighted by atomic mass is 10.1. The highest BCUT2D eigenvalue weighted by molar-refractivity contribution is 7.80. The number of hydrogen-bond donors (Lipinski definition) is 3. The van der Waals surface area contributed by atoms with Crippen molar-refractivity contribution < 1.29 is 14.3 Å². The van der Waals surface area contributed by atoms with Crippen LogP contribution in [0.1, 0.15) is 21.7 Å². The Morgan fingerprint density at radius 3 is 2.57 bits per heavy atom. The third kappa shape index (κ3) is 3.90. The fourth-order valence-corrected chi connectivity index (χ4v) is 3.41. The van der Waals surface area contributed by atoms with Crippen molar-refractivity contribution in [1.82, 2.24) is 5.32 Å². The first-order chi connectivity index (χ1) is 14.4. The molecule has 6 heteroatoms. The van der Waals surface area contributed by atoms with Gasteiger partial charge in [0, 0.05) is 10.9 Å². The van der Waals surface area contributed by atoms with Gasteiger partial charge in [0.15, 0.2) is 10.9 Å². The van der Waals surface area contributed by atoms with Gasteiger partial charge in [0.05, 0.1) is 5.69 Å². The van der Waals surface area contributed by atoms with Crippen molar-refractivity contribution in [3.63, 3.8) is 0 Å². The lowest BCUT2D eigenvalue weighted by molar-refractivity contribution is 0.0951. The standard InChI is InChI=1S/C24H20N2O3S/c1-14-7-8-17(13-15(14)2)20-11-12-21(29-20)23(28)26-24(30)25-22-18-6-4-3-5-16(18)9-10-19(22)27/h3-13,27H,1-2H3,(H2,25,26,28,30). The molecule has 0 aliphatic rings. The van der Waals surface area contributed by atoms with Crippen molar-refractivity contribution in [3.05, 3.63) is 83.6 Å². The van der Waals surface area contributed by atoms with Gasteiger partial charge < -0.3 is 14.8 Å². The molecule has 1 heterocycles. The summed E-state index contributed by atoms with van der Waals surface area (Å²) < 4.78 is 5.72. The lowest BCUT2D eigenvalue weighted by Crippen LogP contribution is -2.33. The third-order valence-corrected chi connectivity index (χ3v) is 5.20. The van der Waals surface area contributed by atoms with Crippen LogP contribution in [0.2, 0.25) is 0 Å². The number of benzene rings is 3. The summed E-state index contributed by atoms with van der Waals surface area (Å²) in [7, 11) is 0. The van der Waals surface area contributed by atoms with Gasteiger partial charge in [-0.25, -0.2) is 0 Å². The van der Waals surface area contributed by atoms with Gasteiger partial charge in [0.25, 0.3) is 5.91 Å². The van der Waals surface area contributed by atoms with E-state index in [0.29, 0.717) is 11.4 Å². The Morgan fingerprint density at radius 1 is 0.967 bits per heavy atom. The van der Waals surface area contributed by atoms with Crippen LogP contribution in [0.5, 0.6) is 5.75 Å². The number of aromatic hydroxyl groups is 1. The van der Waals surface area contributed by atoms with E-state index < -0.39 is 5.91 Å². The molecule has 0 unspecified atom stereocenters. The van der Waals surface area contributed by atoms with E-state index in [-0.39, 0.29) is 16.6 Å². The normalized spacial score (nSPS) is 10.7. The molecule has 4 rings (SSSR count). The van der Waals surface area contributed by atoms with Crippen molar-refractivity contribution in [2.45, 2.75) is 13.8 Å². The molecular formula is C24H20N2O3S. The first-order valence-corrected chi connectivity index (χ1v) is 9.84. The van der Waals surface area contributed by atoms with Crippen LogP contribution in [0.25, 0.3) is 22.1 Å². The van der Waals surface area contributed by atoms with Gasteiger partial charge in [-0.05, 0) is 66.8 Å². The monoisotopic (exact) mass is 416 g/mol. The number of fused-ring (bicyclic) bond motifs is 1. The van der Waals surface area contributed by atoms with Crippen molar-refractivity contribution in [2.75, 3.05) is 5.32 Å². The van der Waals surface area contributed by atoms with Crippen LogP contribution < -0.4 is 10.6 Å². The highest BCUT2D eigenvalue weighted by Crippen LogP contribution is 2.32. The number of aryl methyl sites for hydroxylation is 2. The van der Waals surface area contributed by atoms with Gasteiger partial charge >= 0.3 is 0 Å². The highest BCUT2D eigenvalue weighted by Gasteiger charge is 2.15. The number of nitrogens with one attached hydrogen (secondary N) is 2. The summed E-state index contributed by atoms with van der Waals surface area (Å²) in [6.45, 7) is 4.07. The molecule has 3 N–H and O–H groups in total. The molecule has 0 bridgehead atoms. The fraction of sp³-hybridized carbons (Fsp3) is 0.0833. The second-order valence-electron chi connectivity index (χ2n) is 7.05. The van der Waals surface area contributed by atoms with Crippen molar-refractivity contribution in [2.24, 2.45) is 0 Å². The van der Waals surface area contributed by atoms with Gasteiger partial charge in [-0.2, -0.15) is 0 Å². The summed E-state index contributed by atoms with van der Waals surface area (Å²) in [6.07, 6.45) is 0. The van der Waals surface area contributed by atoms with Crippen molar-refractivity contribution in [1.29, 1.82) is 0 Å². The number of furan rings is 1. The number of hydrogen-bond acceptors (Lipinski definition) is 4. The molecule has 5 nitrogen and oxygen atoms in total. The smallest absolute Gasteiger partial charge is 0.293 e. The molecule has 0 saturated carbocycles. The lowest BCUT2D eigenvalue weighted by Gasteiger charge is -2.13. The minimum atomic E-state index is -0.470. The van der Waals surface area contributed by atoms with E-state index in [1.54, 1.807) is 18.2 Å². The quantitative estimate of drug-likeness (QED) is 0.302. The van der Waals surface area contributed by atoms with Crippen molar-refractivity contribution in [3.8, 4) is 17.1 Å². The molecular weight excluding hydrogens is 396 g/mol. The molecule has 4 aromatic rings. The molecule has 0 aliphatic heterocycles. The molecule has 0 radical (unpaired) electrons. The number of carbonyl (C=O) groups is 1. The average Bonchev–Trinajstić information content (AvgIpc) is 3.23. The van der Waals surface area contributed by atoms with Gasteiger partial charge in [-0.3, -0.25) is 10.1 Å². The number of anilines is 1. The Kier molecular flexibility index (Phi) is 5.25. The summed E-state index contributed by atoms with van der Waals surface area (Å²) in [4.78, 5) is 12.6. The zero-order valence-electron chi connectivity index (χ0n) is 16.5. The summed E-state index contributed by atoms with van der Waals surface area (Å²) in [6, 6.07) is 20.3. The molecule has 150 valence electrons. The zero-order chi connectivity index (χ0) is 21.3. The molecule has 0 spiro atoms. The minimum absolute atomic E-state index is 0.0420. The Hall–Kier alpha value is -3.64. The van der Waals surface area contributed by atoms with Crippen LogP contribution in [0.15, 0.2) is 71.1 Å².